The summed E-state index contributed by atoms with van der Waals surface area (Å²) in [5.41, 5.74) is 23.3. The normalized spacial score (nSPS) is 11.0. The van der Waals surface area contributed by atoms with E-state index in [1.54, 1.807) is 0 Å². The van der Waals surface area contributed by atoms with Crippen molar-refractivity contribution in [2.75, 3.05) is 33.7 Å². The SMILES string of the molecule is CN(c1ccc(-c2ccc(N(c3cccc(-c4ccccc4)c3)c3ccc4ccccc4c3)cc2)cc1)c1ccc2ccccc2c1.CN(c1ccc(-c2ccccc2)cc1)c1ccc(-c2ccc(N(c3cccc(-c4ccccc4)c3)c3ccc4ccccc4c3)cc2)cc1. The van der Waals surface area contributed by atoms with Crippen LogP contribution in [0, 0.1) is 0 Å². The van der Waals surface area contributed by atoms with E-state index >= 15 is 0 Å². The summed E-state index contributed by atoms with van der Waals surface area (Å²) < 4.78 is 0. The van der Waals surface area contributed by atoms with Crippen LogP contribution in [0.5, 0.6) is 0 Å². The number of hydrogen-bond acceptors (Lipinski definition) is 4. The zero-order valence-corrected chi connectivity index (χ0v) is 53.7. The predicted octanol–water partition coefficient (Wildman–Crippen LogP) is 25.6. The molecule has 0 radical (unpaired) electrons. The monoisotopic (exact) mass is 1230 g/mol. The summed E-state index contributed by atoms with van der Waals surface area (Å²) in [5.74, 6) is 0. The maximum absolute atomic E-state index is 2.35. The van der Waals surface area contributed by atoms with E-state index in [2.05, 4.69) is 422 Å². The first-order valence-electron chi connectivity index (χ1n) is 32.8. The highest BCUT2D eigenvalue weighted by atomic mass is 15.1. The Kier molecular flexibility index (Phi) is 17.0. The molecule has 0 N–H and O–H groups in total. The number of hydrogen-bond donors (Lipinski definition) is 0. The van der Waals surface area contributed by atoms with Gasteiger partial charge in [0, 0.05) is 71.0 Å². The zero-order chi connectivity index (χ0) is 64.6. The first kappa shape index (κ1) is 59.8. The van der Waals surface area contributed by atoms with Crippen LogP contribution in [0.1, 0.15) is 0 Å². The van der Waals surface area contributed by atoms with E-state index in [4.69, 9.17) is 0 Å². The molecular formula is C92H70N4. The van der Waals surface area contributed by atoms with Crippen LogP contribution >= 0.6 is 0 Å². The minimum Gasteiger partial charge on any atom is -0.345 e. The molecule has 0 aliphatic carbocycles. The fourth-order valence-electron chi connectivity index (χ4n) is 13.0. The van der Waals surface area contributed by atoms with E-state index in [0.717, 1.165) is 51.2 Å². The average Bonchev–Trinajstić information content (AvgIpc) is 0.824. The Labute approximate surface area is 563 Å². The minimum atomic E-state index is 1.11. The Morgan fingerprint density at radius 2 is 0.354 bits per heavy atom. The fraction of sp³-hybridized carbons (Fsp3) is 0.0217. The maximum Gasteiger partial charge on any atom is 0.0468 e. The smallest absolute Gasteiger partial charge is 0.0468 e. The molecule has 0 aliphatic heterocycles. The molecule has 0 spiro atoms. The van der Waals surface area contributed by atoms with Crippen molar-refractivity contribution in [1.82, 2.24) is 0 Å². The van der Waals surface area contributed by atoms with Gasteiger partial charge in [0.05, 0.1) is 0 Å². The van der Waals surface area contributed by atoms with Gasteiger partial charge in [-0.2, -0.15) is 0 Å². The van der Waals surface area contributed by atoms with Gasteiger partial charge in [-0.3, -0.25) is 0 Å². The number of benzene rings is 16. The molecule has 0 heterocycles. The molecule has 0 unspecified atom stereocenters. The van der Waals surface area contributed by atoms with Crippen LogP contribution in [-0.4, -0.2) is 14.1 Å². The number of rotatable bonds is 15. The van der Waals surface area contributed by atoms with Crippen LogP contribution in [-0.2, 0) is 0 Å². The van der Waals surface area contributed by atoms with Gasteiger partial charge in [-0.1, -0.05) is 267 Å². The lowest BCUT2D eigenvalue weighted by molar-refractivity contribution is 1.21. The Bertz CT molecular complexity index is 5290. The van der Waals surface area contributed by atoms with E-state index in [0.29, 0.717) is 0 Å². The van der Waals surface area contributed by atoms with Crippen molar-refractivity contribution in [3.8, 4) is 55.6 Å². The van der Waals surface area contributed by atoms with Gasteiger partial charge in [-0.25, -0.2) is 0 Å². The van der Waals surface area contributed by atoms with Crippen LogP contribution in [0.15, 0.2) is 388 Å². The van der Waals surface area contributed by atoms with Crippen molar-refractivity contribution < 1.29 is 0 Å². The molecule has 458 valence electrons. The molecule has 4 heteroatoms. The fourth-order valence-corrected chi connectivity index (χ4v) is 13.0. The molecule has 0 bridgehead atoms. The van der Waals surface area contributed by atoms with E-state index < -0.39 is 0 Å². The number of fused-ring (bicyclic) bond motifs is 3. The van der Waals surface area contributed by atoms with Crippen LogP contribution in [0.4, 0.5) is 56.9 Å². The third kappa shape index (κ3) is 13.0. The van der Waals surface area contributed by atoms with Gasteiger partial charge in [0.2, 0.25) is 0 Å². The van der Waals surface area contributed by atoms with Gasteiger partial charge in [0.25, 0.3) is 0 Å². The Balaban J connectivity index is 0.000000158. The van der Waals surface area contributed by atoms with Crippen molar-refractivity contribution in [2.24, 2.45) is 0 Å². The highest BCUT2D eigenvalue weighted by Gasteiger charge is 2.18. The lowest BCUT2D eigenvalue weighted by Crippen LogP contribution is -2.10. The molecular weight excluding hydrogens is 1160 g/mol. The van der Waals surface area contributed by atoms with E-state index in [9.17, 15) is 0 Å². The Morgan fingerprint density at radius 3 is 0.688 bits per heavy atom. The molecule has 0 amide bonds. The first-order valence-corrected chi connectivity index (χ1v) is 32.8. The largest absolute Gasteiger partial charge is 0.345 e. The van der Waals surface area contributed by atoms with Crippen LogP contribution in [0.25, 0.3) is 88.0 Å². The maximum atomic E-state index is 2.35. The summed E-state index contributed by atoms with van der Waals surface area (Å²) >= 11 is 0. The van der Waals surface area contributed by atoms with Gasteiger partial charge >= 0.3 is 0 Å². The lowest BCUT2D eigenvalue weighted by atomic mass is 10.0. The molecule has 16 aromatic carbocycles. The molecule has 0 aliphatic rings. The molecule has 0 aromatic heterocycles. The van der Waals surface area contributed by atoms with Crippen LogP contribution < -0.4 is 19.6 Å². The number of anilines is 10. The average molecular weight is 1230 g/mol. The van der Waals surface area contributed by atoms with Gasteiger partial charge < -0.3 is 19.6 Å². The third-order valence-electron chi connectivity index (χ3n) is 18.3. The van der Waals surface area contributed by atoms with Gasteiger partial charge in [0.15, 0.2) is 0 Å². The van der Waals surface area contributed by atoms with Crippen LogP contribution in [0.2, 0.25) is 0 Å². The third-order valence-corrected chi connectivity index (χ3v) is 18.3. The van der Waals surface area contributed by atoms with Crippen molar-refractivity contribution in [3.05, 3.63) is 388 Å². The second kappa shape index (κ2) is 27.4. The van der Waals surface area contributed by atoms with Crippen molar-refractivity contribution >= 4 is 89.2 Å². The zero-order valence-electron chi connectivity index (χ0n) is 53.7. The summed E-state index contributed by atoms with van der Waals surface area (Å²) in [4.78, 5) is 9.17. The quantitative estimate of drug-likeness (QED) is 0.101. The van der Waals surface area contributed by atoms with Gasteiger partial charge in [-0.05, 0) is 209 Å². The number of nitrogens with zero attached hydrogens (tertiary/aromatic N) is 4. The molecule has 0 fully saturated rings. The summed E-state index contributed by atoms with van der Waals surface area (Å²) in [6.45, 7) is 0. The highest BCUT2D eigenvalue weighted by molar-refractivity contribution is 5.93. The van der Waals surface area contributed by atoms with E-state index in [-0.39, 0.29) is 0 Å². The molecule has 96 heavy (non-hydrogen) atoms. The summed E-state index contributed by atoms with van der Waals surface area (Å²) in [7, 11) is 4.25. The molecule has 0 atom stereocenters. The van der Waals surface area contributed by atoms with Gasteiger partial charge in [-0.15, -0.1) is 0 Å². The van der Waals surface area contributed by atoms with Gasteiger partial charge in [0.1, 0.15) is 0 Å². The summed E-state index contributed by atoms with van der Waals surface area (Å²) in [6.07, 6.45) is 0. The van der Waals surface area contributed by atoms with Crippen molar-refractivity contribution in [3.63, 3.8) is 0 Å². The molecule has 4 nitrogen and oxygen atoms in total. The first-order chi connectivity index (χ1) is 47.4. The molecule has 16 aromatic rings. The summed E-state index contributed by atoms with van der Waals surface area (Å²) in [6, 6.07) is 139. The van der Waals surface area contributed by atoms with E-state index in [1.807, 2.05) is 0 Å². The van der Waals surface area contributed by atoms with Crippen molar-refractivity contribution in [2.45, 2.75) is 0 Å². The second-order valence-electron chi connectivity index (χ2n) is 24.3. The predicted molar refractivity (Wildman–Crippen MR) is 411 cm³/mol. The highest BCUT2D eigenvalue weighted by Crippen LogP contribution is 2.42. The second-order valence-corrected chi connectivity index (χ2v) is 24.3. The minimum absolute atomic E-state index is 1.11. The molecule has 0 saturated carbocycles. The topological polar surface area (TPSA) is 13.0 Å². The van der Waals surface area contributed by atoms with Crippen LogP contribution in [0.3, 0.4) is 0 Å². The standard InChI is InChI=1S/C47H36N2.C45H34N2/c1-48(43-26-19-38(20-27-43)35-11-4-2-5-12-35)44-28-21-39(22-29-44)40-23-30-45(31-24-40)49(47-32-25-37-15-8-9-16-41(37)34-47)46-18-10-17-42(33-46)36-13-6-3-7-14-36;1-46(43-28-22-34-12-5-7-14-38(34)30-43)41-24-18-36(19-25-41)37-20-26-42(27-21-37)47(45-29-23-35-13-6-8-15-39(35)32-45)44-17-9-16-40(31-44)33-10-3-2-4-11-33/h2-34H,1H3;2-32H,1H3. The molecule has 0 saturated heterocycles. The van der Waals surface area contributed by atoms with E-state index in [1.165, 1.54) is 93.6 Å². The lowest BCUT2D eigenvalue weighted by Gasteiger charge is -2.26. The van der Waals surface area contributed by atoms with Crippen molar-refractivity contribution in [1.29, 1.82) is 0 Å². The Morgan fingerprint density at radius 1 is 0.135 bits per heavy atom. The Hall–Kier alpha value is -12.5. The summed E-state index contributed by atoms with van der Waals surface area (Å²) in [5, 5.41) is 7.42. The molecule has 16 rings (SSSR count).